The van der Waals surface area contributed by atoms with Crippen LogP contribution in [0.1, 0.15) is 45.4 Å². The molecular weight excluding hydrogens is 304 g/mol. The summed E-state index contributed by atoms with van der Waals surface area (Å²) in [6.45, 7) is 3.04. The Morgan fingerprint density at radius 2 is 2.17 bits per heavy atom. The molecule has 5 heteroatoms. The Hall–Kier alpha value is -2.04. The maximum atomic E-state index is 12.6. The first kappa shape index (κ1) is 16.8. The molecule has 1 saturated heterocycles. The lowest BCUT2D eigenvalue weighted by atomic mass is 9.91. The fourth-order valence-electron chi connectivity index (χ4n) is 3.73. The van der Waals surface area contributed by atoms with Crippen LogP contribution in [-0.4, -0.2) is 25.2 Å². The van der Waals surface area contributed by atoms with Crippen molar-refractivity contribution in [2.24, 2.45) is 11.8 Å². The van der Waals surface area contributed by atoms with E-state index in [2.05, 4.69) is 12.2 Å². The standard InChI is InChI=1S/C19H26N2O3/c1-2-15(12-14-6-3-4-7-14)18(22)20-16-8-5-9-17(13-16)21-10-11-24-19(21)23/h5,8-9,13-15H,2-4,6-7,10-12H2,1H3,(H,20,22)/t15-/m0/s1. The third kappa shape index (κ3) is 3.89. The average Bonchev–Trinajstić information content (AvgIpc) is 3.24. The highest BCUT2D eigenvalue weighted by molar-refractivity contribution is 5.94. The van der Waals surface area contributed by atoms with E-state index in [0.29, 0.717) is 19.1 Å². The fourth-order valence-corrected chi connectivity index (χ4v) is 3.73. The number of ether oxygens (including phenoxy) is 1. The number of anilines is 2. The molecular formula is C19H26N2O3. The quantitative estimate of drug-likeness (QED) is 0.851. The monoisotopic (exact) mass is 330 g/mol. The summed E-state index contributed by atoms with van der Waals surface area (Å²) in [4.78, 5) is 25.9. The third-order valence-corrected chi connectivity index (χ3v) is 5.14. The number of hydrogen-bond acceptors (Lipinski definition) is 3. The molecule has 0 spiro atoms. The molecule has 2 amide bonds. The number of nitrogens with one attached hydrogen (secondary N) is 1. The molecule has 130 valence electrons. The Morgan fingerprint density at radius 1 is 1.38 bits per heavy atom. The lowest BCUT2D eigenvalue weighted by molar-refractivity contribution is -0.120. The smallest absolute Gasteiger partial charge is 0.414 e. The van der Waals surface area contributed by atoms with Gasteiger partial charge in [-0.25, -0.2) is 4.79 Å². The molecule has 0 unspecified atom stereocenters. The van der Waals surface area contributed by atoms with Gasteiger partial charge in [0, 0.05) is 17.3 Å². The van der Waals surface area contributed by atoms with Gasteiger partial charge >= 0.3 is 6.09 Å². The van der Waals surface area contributed by atoms with Gasteiger partial charge in [0.15, 0.2) is 0 Å². The van der Waals surface area contributed by atoms with Gasteiger partial charge in [0.05, 0.1) is 6.54 Å². The van der Waals surface area contributed by atoms with Gasteiger partial charge in [-0.05, 0) is 37.0 Å². The van der Waals surface area contributed by atoms with Crippen molar-refractivity contribution in [1.29, 1.82) is 0 Å². The summed E-state index contributed by atoms with van der Waals surface area (Å²) in [6, 6.07) is 7.42. The van der Waals surface area contributed by atoms with Gasteiger partial charge in [0.1, 0.15) is 6.61 Å². The van der Waals surface area contributed by atoms with Crippen LogP contribution in [0.2, 0.25) is 0 Å². The van der Waals surface area contributed by atoms with Crippen LogP contribution >= 0.6 is 0 Å². The predicted molar refractivity (Wildman–Crippen MR) is 94.1 cm³/mol. The SMILES string of the molecule is CC[C@@H](CC1CCCC1)C(=O)Nc1cccc(N2CCOC2=O)c1. The molecule has 0 radical (unpaired) electrons. The Bertz CT molecular complexity index is 596. The molecule has 1 aromatic rings. The molecule has 1 aromatic carbocycles. The number of carbonyl (C=O) groups excluding carboxylic acids is 2. The number of rotatable bonds is 6. The second-order valence-corrected chi connectivity index (χ2v) is 6.80. The fraction of sp³-hybridized carbons (Fsp3) is 0.579. The normalized spacial score (nSPS) is 19.4. The summed E-state index contributed by atoms with van der Waals surface area (Å²) in [5.41, 5.74) is 1.50. The molecule has 1 N–H and O–H groups in total. The zero-order chi connectivity index (χ0) is 16.9. The number of benzene rings is 1. The highest BCUT2D eigenvalue weighted by Crippen LogP contribution is 2.32. The number of amides is 2. The zero-order valence-corrected chi connectivity index (χ0v) is 14.3. The summed E-state index contributed by atoms with van der Waals surface area (Å²) < 4.78 is 4.97. The topological polar surface area (TPSA) is 58.6 Å². The zero-order valence-electron chi connectivity index (χ0n) is 14.3. The van der Waals surface area contributed by atoms with Gasteiger partial charge in [-0.1, -0.05) is 38.7 Å². The molecule has 0 bridgehead atoms. The summed E-state index contributed by atoms with van der Waals surface area (Å²) in [5, 5.41) is 3.03. The summed E-state index contributed by atoms with van der Waals surface area (Å²) in [5.74, 6) is 0.852. The van der Waals surface area contributed by atoms with Crippen LogP contribution < -0.4 is 10.2 Å². The third-order valence-electron chi connectivity index (χ3n) is 5.14. The van der Waals surface area contributed by atoms with E-state index in [4.69, 9.17) is 4.74 Å². The van der Waals surface area contributed by atoms with Crippen LogP contribution in [0, 0.1) is 11.8 Å². The van der Waals surface area contributed by atoms with Crippen LogP contribution in [-0.2, 0) is 9.53 Å². The van der Waals surface area contributed by atoms with Crippen LogP contribution in [0.5, 0.6) is 0 Å². The van der Waals surface area contributed by atoms with Crippen molar-refractivity contribution in [3.63, 3.8) is 0 Å². The van der Waals surface area contributed by atoms with Gasteiger partial charge in [-0.3, -0.25) is 9.69 Å². The minimum atomic E-state index is -0.328. The lowest BCUT2D eigenvalue weighted by Crippen LogP contribution is -2.25. The lowest BCUT2D eigenvalue weighted by Gasteiger charge is -2.19. The number of cyclic esters (lactones) is 1. The Morgan fingerprint density at radius 3 is 2.83 bits per heavy atom. The van der Waals surface area contributed by atoms with Gasteiger partial charge in [0.2, 0.25) is 5.91 Å². The number of carbonyl (C=O) groups is 2. The van der Waals surface area contributed by atoms with E-state index in [0.717, 1.165) is 24.2 Å². The van der Waals surface area contributed by atoms with Crippen molar-refractivity contribution in [3.8, 4) is 0 Å². The molecule has 1 aliphatic heterocycles. The summed E-state index contributed by atoms with van der Waals surface area (Å²) in [7, 11) is 0. The van der Waals surface area contributed by atoms with Gasteiger partial charge in [-0.2, -0.15) is 0 Å². The number of nitrogens with zero attached hydrogens (tertiary/aromatic N) is 1. The molecule has 5 nitrogen and oxygen atoms in total. The minimum Gasteiger partial charge on any atom is -0.447 e. The average molecular weight is 330 g/mol. The first-order chi connectivity index (χ1) is 11.7. The first-order valence-corrected chi connectivity index (χ1v) is 9.02. The van der Waals surface area contributed by atoms with E-state index < -0.39 is 0 Å². The number of hydrogen-bond donors (Lipinski definition) is 1. The second kappa shape index (κ2) is 7.69. The second-order valence-electron chi connectivity index (χ2n) is 6.80. The van der Waals surface area contributed by atoms with Crippen molar-refractivity contribution in [3.05, 3.63) is 24.3 Å². The minimum absolute atomic E-state index is 0.0634. The molecule has 24 heavy (non-hydrogen) atoms. The van der Waals surface area contributed by atoms with Crippen LogP contribution in [0.15, 0.2) is 24.3 Å². The van der Waals surface area contributed by atoms with Crippen molar-refractivity contribution in [1.82, 2.24) is 0 Å². The maximum Gasteiger partial charge on any atom is 0.414 e. The van der Waals surface area contributed by atoms with E-state index in [1.807, 2.05) is 24.3 Å². The highest BCUT2D eigenvalue weighted by Gasteiger charge is 2.25. The molecule has 0 aromatic heterocycles. The molecule has 1 atom stereocenters. The molecule has 2 aliphatic rings. The van der Waals surface area contributed by atoms with Crippen LogP contribution in [0.4, 0.5) is 16.2 Å². The van der Waals surface area contributed by atoms with Crippen LogP contribution in [0.3, 0.4) is 0 Å². The molecule has 3 rings (SSSR count). The Labute approximate surface area is 143 Å². The van der Waals surface area contributed by atoms with E-state index >= 15 is 0 Å². The molecule has 1 heterocycles. The van der Waals surface area contributed by atoms with Gasteiger partial charge in [0.25, 0.3) is 0 Å². The summed E-state index contributed by atoms with van der Waals surface area (Å²) in [6.07, 6.45) is 6.65. The highest BCUT2D eigenvalue weighted by atomic mass is 16.6. The molecule has 2 fully saturated rings. The van der Waals surface area contributed by atoms with Crippen molar-refractivity contribution in [2.45, 2.75) is 45.4 Å². The Balaban J connectivity index is 1.63. The molecule has 1 aliphatic carbocycles. The van der Waals surface area contributed by atoms with Crippen molar-refractivity contribution in [2.75, 3.05) is 23.4 Å². The predicted octanol–water partition coefficient (Wildman–Crippen LogP) is 4.19. The van der Waals surface area contributed by atoms with E-state index in [1.54, 1.807) is 4.90 Å². The van der Waals surface area contributed by atoms with Crippen molar-refractivity contribution < 1.29 is 14.3 Å². The first-order valence-electron chi connectivity index (χ1n) is 9.02. The maximum absolute atomic E-state index is 12.6. The van der Waals surface area contributed by atoms with Gasteiger partial charge < -0.3 is 10.1 Å². The van der Waals surface area contributed by atoms with E-state index in [9.17, 15) is 9.59 Å². The van der Waals surface area contributed by atoms with E-state index in [1.165, 1.54) is 25.7 Å². The Kier molecular flexibility index (Phi) is 5.38. The largest absolute Gasteiger partial charge is 0.447 e. The van der Waals surface area contributed by atoms with Crippen LogP contribution in [0.25, 0.3) is 0 Å². The molecule has 1 saturated carbocycles. The van der Waals surface area contributed by atoms with Gasteiger partial charge in [-0.15, -0.1) is 0 Å². The van der Waals surface area contributed by atoms with E-state index in [-0.39, 0.29) is 17.9 Å². The van der Waals surface area contributed by atoms with Crippen molar-refractivity contribution >= 4 is 23.4 Å². The summed E-state index contributed by atoms with van der Waals surface area (Å²) >= 11 is 0.